The van der Waals surface area contributed by atoms with Crippen LogP contribution in [0.5, 0.6) is 0 Å². The van der Waals surface area contributed by atoms with Crippen LogP contribution in [0.25, 0.3) is 22.8 Å². The topological polar surface area (TPSA) is 84.3 Å². The summed E-state index contributed by atoms with van der Waals surface area (Å²) < 4.78 is 10.8. The summed E-state index contributed by atoms with van der Waals surface area (Å²) in [6.45, 7) is 5.08. The third-order valence-electron chi connectivity index (χ3n) is 4.68. The molecule has 1 aliphatic rings. The van der Waals surface area contributed by atoms with Crippen LogP contribution in [-0.2, 0) is 13.1 Å². The number of piperazine rings is 1. The van der Waals surface area contributed by atoms with Crippen molar-refractivity contribution in [3.8, 4) is 22.8 Å². The van der Waals surface area contributed by atoms with Crippen LogP contribution in [0.3, 0.4) is 0 Å². The van der Waals surface area contributed by atoms with Crippen LogP contribution in [-0.4, -0.2) is 56.3 Å². The van der Waals surface area contributed by atoms with Gasteiger partial charge in [0.15, 0.2) is 0 Å². The molecule has 0 N–H and O–H groups in total. The number of aromatic nitrogens is 4. The molecule has 144 valence electrons. The van der Waals surface area contributed by atoms with E-state index in [2.05, 4.69) is 30.1 Å². The van der Waals surface area contributed by atoms with E-state index in [9.17, 15) is 0 Å². The molecule has 0 radical (unpaired) electrons. The van der Waals surface area contributed by atoms with E-state index in [1.165, 1.54) is 0 Å². The van der Waals surface area contributed by atoms with E-state index in [1.807, 2.05) is 33.7 Å². The molecule has 10 heteroatoms. The van der Waals surface area contributed by atoms with Crippen LogP contribution in [0.4, 0.5) is 0 Å². The highest BCUT2D eigenvalue weighted by atomic mass is 32.1. The number of hydrogen-bond donors (Lipinski definition) is 0. The minimum Gasteiger partial charge on any atom is -0.338 e. The molecule has 5 rings (SSSR count). The maximum Gasteiger partial charge on any atom is 0.241 e. The Morgan fingerprint density at radius 3 is 1.61 bits per heavy atom. The van der Waals surface area contributed by atoms with Gasteiger partial charge in [-0.2, -0.15) is 32.6 Å². The van der Waals surface area contributed by atoms with E-state index in [4.69, 9.17) is 9.05 Å². The molecule has 1 fully saturated rings. The molecule has 4 aromatic rings. The van der Waals surface area contributed by atoms with Gasteiger partial charge in [-0.15, -0.1) is 0 Å². The van der Waals surface area contributed by atoms with Gasteiger partial charge in [0.05, 0.1) is 13.1 Å². The maximum atomic E-state index is 5.41. The first kappa shape index (κ1) is 17.7. The monoisotopic (exact) mass is 414 g/mol. The molecule has 0 atom stereocenters. The van der Waals surface area contributed by atoms with Crippen molar-refractivity contribution in [3.05, 3.63) is 45.4 Å². The highest BCUT2D eigenvalue weighted by molar-refractivity contribution is 7.08. The normalized spacial score (nSPS) is 16.0. The molecular formula is C18H18N6O2S2. The Morgan fingerprint density at radius 1 is 0.750 bits per heavy atom. The van der Waals surface area contributed by atoms with E-state index < -0.39 is 0 Å². The zero-order chi connectivity index (χ0) is 18.8. The second-order valence-electron chi connectivity index (χ2n) is 6.60. The van der Waals surface area contributed by atoms with E-state index in [0.29, 0.717) is 36.5 Å². The van der Waals surface area contributed by atoms with Crippen molar-refractivity contribution >= 4 is 22.7 Å². The lowest BCUT2D eigenvalue weighted by Gasteiger charge is -2.32. The predicted octanol–water partition coefficient (Wildman–Crippen LogP) is 3.23. The summed E-state index contributed by atoms with van der Waals surface area (Å²) in [6, 6.07) is 4.00. The third-order valence-corrected chi connectivity index (χ3v) is 6.04. The lowest BCUT2D eigenvalue weighted by molar-refractivity contribution is 0.103. The lowest BCUT2D eigenvalue weighted by Crippen LogP contribution is -2.45. The molecule has 0 aromatic carbocycles. The molecule has 0 saturated carbocycles. The van der Waals surface area contributed by atoms with Crippen LogP contribution in [0.1, 0.15) is 11.8 Å². The van der Waals surface area contributed by atoms with Gasteiger partial charge in [-0.1, -0.05) is 10.3 Å². The number of rotatable bonds is 6. The van der Waals surface area contributed by atoms with Crippen molar-refractivity contribution in [1.82, 2.24) is 30.1 Å². The standard InChI is InChI=1S/C18H18N6O2S2/c1-7-27-11-13(1)17-19-15(25-21-17)9-23-3-5-24(6-4-23)10-16-20-18(22-26-16)14-2-8-28-12-14/h1-2,7-8,11-12H,3-6,9-10H2. The maximum absolute atomic E-state index is 5.41. The molecule has 0 spiro atoms. The van der Waals surface area contributed by atoms with Gasteiger partial charge in [-0.05, 0) is 22.9 Å². The summed E-state index contributed by atoms with van der Waals surface area (Å²) in [4.78, 5) is 13.7. The molecule has 0 amide bonds. The van der Waals surface area contributed by atoms with Crippen LogP contribution in [0.15, 0.2) is 42.7 Å². The summed E-state index contributed by atoms with van der Waals surface area (Å²) in [5, 5.41) is 16.2. The van der Waals surface area contributed by atoms with Gasteiger partial charge in [0.2, 0.25) is 23.4 Å². The van der Waals surface area contributed by atoms with Gasteiger partial charge in [0.25, 0.3) is 0 Å². The molecule has 1 aliphatic heterocycles. The largest absolute Gasteiger partial charge is 0.338 e. The number of nitrogens with zero attached hydrogens (tertiary/aromatic N) is 6. The summed E-state index contributed by atoms with van der Waals surface area (Å²) >= 11 is 3.25. The quantitative estimate of drug-likeness (QED) is 0.475. The van der Waals surface area contributed by atoms with Crippen molar-refractivity contribution in [1.29, 1.82) is 0 Å². The molecule has 8 nitrogen and oxygen atoms in total. The smallest absolute Gasteiger partial charge is 0.241 e. The number of hydrogen-bond acceptors (Lipinski definition) is 10. The minimum atomic E-state index is 0.659. The van der Waals surface area contributed by atoms with Crippen LogP contribution < -0.4 is 0 Å². The zero-order valence-electron chi connectivity index (χ0n) is 15.0. The zero-order valence-corrected chi connectivity index (χ0v) is 16.7. The van der Waals surface area contributed by atoms with Crippen LogP contribution in [0, 0.1) is 0 Å². The fourth-order valence-corrected chi connectivity index (χ4v) is 4.41. The molecular weight excluding hydrogens is 396 g/mol. The van der Waals surface area contributed by atoms with E-state index >= 15 is 0 Å². The third kappa shape index (κ3) is 3.90. The van der Waals surface area contributed by atoms with Gasteiger partial charge in [-0.3, -0.25) is 9.80 Å². The Kier molecular flexibility index (Phi) is 5.00. The molecule has 5 heterocycles. The van der Waals surface area contributed by atoms with Crippen molar-refractivity contribution < 1.29 is 9.05 Å². The fraction of sp³-hybridized carbons (Fsp3) is 0.333. The van der Waals surface area contributed by atoms with Crippen LogP contribution in [0.2, 0.25) is 0 Å². The molecule has 0 unspecified atom stereocenters. The lowest BCUT2D eigenvalue weighted by atomic mass is 10.3. The number of thiophene rings is 2. The van der Waals surface area contributed by atoms with Gasteiger partial charge in [0, 0.05) is 48.1 Å². The van der Waals surface area contributed by atoms with Crippen LogP contribution >= 0.6 is 22.7 Å². The molecule has 0 aliphatic carbocycles. The van der Waals surface area contributed by atoms with Crippen molar-refractivity contribution in [3.63, 3.8) is 0 Å². The Bertz CT molecular complexity index is 920. The molecule has 1 saturated heterocycles. The van der Waals surface area contributed by atoms with Gasteiger partial charge in [0.1, 0.15) is 0 Å². The summed E-state index contributed by atoms with van der Waals surface area (Å²) in [5.74, 6) is 2.64. The van der Waals surface area contributed by atoms with Crippen molar-refractivity contribution in [2.75, 3.05) is 26.2 Å². The highest BCUT2D eigenvalue weighted by Gasteiger charge is 2.21. The SMILES string of the molecule is c1cc(-c2noc(CN3CCN(Cc4nc(-c5ccsc5)no4)CC3)n2)cs1. The summed E-state index contributed by atoms with van der Waals surface area (Å²) in [5.41, 5.74) is 2.01. The first-order valence-corrected chi connectivity index (χ1v) is 10.9. The van der Waals surface area contributed by atoms with Gasteiger partial charge in [-0.25, -0.2) is 0 Å². The van der Waals surface area contributed by atoms with Crippen molar-refractivity contribution in [2.45, 2.75) is 13.1 Å². The molecule has 4 aromatic heterocycles. The van der Waals surface area contributed by atoms with E-state index in [0.717, 1.165) is 37.3 Å². The highest BCUT2D eigenvalue weighted by Crippen LogP contribution is 2.21. The average Bonchev–Trinajstić information content (AvgIpc) is 3.50. The van der Waals surface area contributed by atoms with Gasteiger partial charge < -0.3 is 9.05 Å². The van der Waals surface area contributed by atoms with Crippen molar-refractivity contribution in [2.24, 2.45) is 0 Å². The Labute approximate surface area is 169 Å². The summed E-state index contributed by atoms with van der Waals surface area (Å²) in [7, 11) is 0. The second kappa shape index (κ2) is 7.92. The van der Waals surface area contributed by atoms with E-state index in [-0.39, 0.29) is 0 Å². The van der Waals surface area contributed by atoms with E-state index in [1.54, 1.807) is 22.7 Å². The Balaban J connectivity index is 1.13. The average molecular weight is 415 g/mol. The van der Waals surface area contributed by atoms with Gasteiger partial charge >= 0.3 is 0 Å². The Morgan fingerprint density at radius 2 is 1.21 bits per heavy atom. The second-order valence-corrected chi connectivity index (χ2v) is 8.16. The first-order chi connectivity index (χ1) is 13.8. The minimum absolute atomic E-state index is 0.659. The predicted molar refractivity (Wildman–Crippen MR) is 106 cm³/mol. The first-order valence-electron chi connectivity index (χ1n) is 8.98. The fourth-order valence-electron chi connectivity index (χ4n) is 3.14. The Hall–Kier alpha value is -2.40. The molecule has 28 heavy (non-hydrogen) atoms. The molecule has 0 bridgehead atoms. The summed E-state index contributed by atoms with van der Waals surface area (Å²) in [6.07, 6.45) is 0.